The van der Waals surface area contributed by atoms with Crippen LogP contribution >= 0.6 is 0 Å². The van der Waals surface area contributed by atoms with E-state index in [1.807, 2.05) is 0 Å². The third-order valence-corrected chi connectivity index (χ3v) is 4.86. The van der Waals surface area contributed by atoms with E-state index in [1.54, 1.807) is 6.92 Å². The van der Waals surface area contributed by atoms with Crippen LogP contribution in [0.15, 0.2) is 0 Å². The molecule has 1 nitrogen and oxygen atoms in total. The average Bonchev–Trinajstić information content (AvgIpc) is 2.59. The van der Waals surface area contributed by atoms with Crippen molar-refractivity contribution in [2.45, 2.75) is 52.9 Å². The highest BCUT2D eigenvalue weighted by Crippen LogP contribution is 2.60. The number of hydrogen-bond acceptors (Lipinski definition) is 1. The molecule has 0 aromatic carbocycles. The Bertz CT molecular complexity index is 242. The van der Waals surface area contributed by atoms with Gasteiger partial charge in [-0.05, 0) is 55.8 Å². The van der Waals surface area contributed by atoms with E-state index < -0.39 is 0 Å². The van der Waals surface area contributed by atoms with E-state index in [1.165, 1.54) is 19.3 Å². The zero-order valence-electron chi connectivity index (χ0n) is 9.68. The van der Waals surface area contributed by atoms with Gasteiger partial charge in [-0.3, -0.25) is 0 Å². The normalized spacial score (nSPS) is 38.9. The number of carbonyl (C=O) groups is 1. The van der Waals surface area contributed by atoms with Gasteiger partial charge in [0.15, 0.2) is 0 Å². The lowest BCUT2D eigenvalue weighted by atomic mass is 9.67. The van der Waals surface area contributed by atoms with Crippen molar-refractivity contribution in [2.24, 2.45) is 23.2 Å². The number of ketones is 1. The molecule has 2 aliphatic carbocycles. The van der Waals surface area contributed by atoms with Gasteiger partial charge >= 0.3 is 0 Å². The summed E-state index contributed by atoms with van der Waals surface area (Å²) in [4.78, 5) is 11.0. The molecule has 2 saturated carbocycles. The van der Waals surface area contributed by atoms with Crippen molar-refractivity contribution in [3.63, 3.8) is 0 Å². The Morgan fingerprint density at radius 2 is 2.07 bits per heavy atom. The zero-order chi connectivity index (χ0) is 10.3. The largest absolute Gasteiger partial charge is 0.300 e. The minimum atomic E-state index is 0.364. The predicted molar refractivity (Wildman–Crippen MR) is 58.0 cm³/mol. The van der Waals surface area contributed by atoms with Crippen LogP contribution in [0.25, 0.3) is 0 Å². The summed E-state index contributed by atoms with van der Waals surface area (Å²) in [6, 6.07) is 0. The maximum atomic E-state index is 11.0. The lowest BCUT2D eigenvalue weighted by Crippen LogP contribution is -2.30. The van der Waals surface area contributed by atoms with E-state index in [-0.39, 0.29) is 0 Å². The van der Waals surface area contributed by atoms with Crippen LogP contribution < -0.4 is 0 Å². The minimum absolute atomic E-state index is 0.364. The van der Waals surface area contributed by atoms with Crippen molar-refractivity contribution < 1.29 is 4.79 Å². The highest BCUT2D eigenvalue weighted by atomic mass is 16.1. The summed E-state index contributed by atoms with van der Waals surface area (Å²) < 4.78 is 0. The summed E-state index contributed by atoms with van der Waals surface area (Å²) in [7, 11) is 0. The quantitative estimate of drug-likeness (QED) is 0.672. The summed E-state index contributed by atoms with van der Waals surface area (Å²) in [5.41, 5.74) is 0.512. The van der Waals surface area contributed by atoms with E-state index >= 15 is 0 Å². The summed E-state index contributed by atoms with van der Waals surface area (Å²) in [6.45, 7) is 6.56. The molecule has 0 amide bonds. The third kappa shape index (κ3) is 1.51. The maximum absolute atomic E-state index is 11.0. The first kappa shape index (κ1) is 10.2. The van der Waals surface area contributed by atoms with Crippen LogP contribution in [0.4, 0.5) is 0 Å². The average molecular weight is 194 g/mol. The summed E-state index contributed by atoms with van der Waals surface area (Å²) >= 11 is 0. The molecule has 0 spiro atoms. The Morgan fingerprint density at radius 3 is 2.57 bits per heavy atom. The molecule has 2 fully saturated rings. The molecule has 0 saturated heterocycles. The Labute approximate surface area is 87.3 Å². The van der Waals surface area contributed by atoms with Crippen LogP contribution in [0.2, 0.25) is 0 Å². The zero-order valence-corrected chi connectivity index (χ0v) is 9.68. The van der Waals surface area contributed by atoms with Gasteiger partial charge in [0.25, 0.3) is 0 Å². The van der Waals surface area contributed by atoms with Crippen molar-refractivity contribution in [1.82, 2.24) is 0 Å². The van der Waals surface area contributed by atoms with E-state index in [0.717, 1.165) is 30.6 Å². The van der Waals surface area contributed by atoms with Crippen molar-refractivity contribution in [1.29, 1.82) is 0 Å². The van der Waals surface area contributed by atoms with Crippen LogP contribution in [0.3, 0.4) is 0 Å². The molecule has 2 aliphatic rings. The van der Waals surface area contributed by atoms with Gasteiger partial charge in [0.1, 0.15) is 5.78 Å². The fourth-order valence-corrected chi connectivity index (χ4v) is 3.93. The van der Waals surface area contributed by atoms with E-state index in [2.05, 4.69) is 13.8 Å². The second-order valence-electron chi connectivity index (χ2n) is 5.94. The van der Waals surface area contributed by atoms with Crippen LogP contribution in [-0.4, -0.2) is 5.78 Å². The summed E-state index contributed by atoms with van der Waals surface area (Å²) in [5, 5.41) is 0. The molecular formula is C13H22O. The predicted octanol–water partition coefficient (Wildman–Crippen LogP) is 3.43. The molecule has 80 valence electrons. The Balaban J connectivity index is 2.01. The third-order valence-electron chi connectivity index (χ3n) is 4.86. The fraction of sp³-hybridized carbons (Fsp3) is 0.923. The maximum Gasteiger partial charge on any atom is 0.129 e. The molecule has 0 N–H and O–H groups in total. The van der Waals surface area contributed by atoms with Crippen LogP contribution in [0.5, 0.6) is 0 Å². The van der Waals surface area contributed by atoms with E-state index in [9.17, 15) is 4.79 Å². The number of Topliss-reactive ketones (excluding diaryl/α,β-unsaturated/α-hetero) is 1. The molecule has 2 rings (SSSR count). The number of fused-ring (bicyclic) bond motifs is 2. The molecule has 14 heavy (non-hydrogen) atoms. The summed E-state index contributed by atoms with van der Waals surface area (Å²) in [5.74, 6) is 3.08. The van der Waals surface area contributed by atoms with Crippen LogP contribution in [-0.2, 0) is 4.79 Å². The second kappa shape index (κ2) is 3.36. The molecule has 0 aliphatic heterocycles. The van der Waals surface area contributed by atoms with Gasteiger partial charge in [0, 0.05) is 6.42 Å². The van der Waals surface area contributed by atoms with Gasteiger partial charge in [-0.2, -0.15) is 0 Å². The molecule has 3 atom stereocenters. The van der Waals surface area contributed by atoms with Gasteiger partial charge < -0.3 is 4.79 Å². The standard InChI is InChI=1S/C13H22O/c1-9(14)4-7-12-10-5-6-11(8-10)13(12,2)3/h10-12H,4-8H2,1-3H3. The molecule has 0 radical (unpaired) electrons. The first-order chi connectivity index (χ1) is 6.51. The molecule has 0 heterocycles. The number of carbonyl (C=O) groups excluding carboxylic acids is 1. The lowest BCUT2D eigenvalue weighted by Gasteiger charge is -2.38. The molecule has 2 bridgehead atoms. The van der Waals surface area contributed by atoms with Gasteiger partial charge in [0.05, 0.1) is 0 Å². The number of hydrogen-bond donors (Lipinski definition) is 0. The van der Waals surface area contributed by atoms with Gasteiger partial charge in [0.2, 0.25) is 0 Å². The van der Waals surface area contributed by atoms with Crippen LogP contribution in [0, 0.1) is 23.2 Å². The molecule has 3 unspecified atom stereocenters. The van der Waals surface area contributed by atoms with Gasteiger partial charge in [-0.25, -0.2) is 0 Å². The first-order valence-corrected chi connectivity index (χ1v) is 6.01. The van der Waals surface area contributed by atoms with Crippen molar-refractivity contribution in [2.75, 3.05) is 0 Å². The minimum Gasteiger partial charge on any atom is -0.300 e. The smallest absolute Gasteiger partial charge is 0.129 e. The fourth-order valence-electron chi connectivity index (χ4n) is 3.93. The number of rotatable bonds is 3. The van der Waals surface area contributed by atoms with E-state index in [0.29, 0.717) is 11.2 Å². The Kier molecular flexibility index (Phi) is 2.45. The second-order valence-corrected chi connectivity index (χ2v) is 5.94. The molecule has 0 aromatic heterocycles. The molecule has 0 aromatic rings. The Morgan fingerprint density at radius 1 is 1.36 bits per heavy atom. The highest BCUT2D eigenvalue weighted by molar-refractivity contribution is 5.75. The van der Waals surface area contributed by atoms with Crippen molar-refractivity contribution >= 4 is 5.78 Å². The Hall–Kier alpha value is -0.330. The van der Waals surface area contributed by atoms with Gasteiger partial charge in [-0.1, -0.05) is 13.8 Å². The molecular weight excluding hydrogens is 172 g/mol. The first-order valence-electron chi connectivity index (χ1n) is 6.01. The van der Waals surface area contributed by atoms with Crippen LogP contribution in [0.1, 0.15) is 52.9 Å². The topological polar surface area (TPSA) is 17.1 Å². The lowest BCUT2D eigenvalue weighted by molar-refractivity contribution is -0.117. The molecule has 1 heteroatoms. The van der Waals surface area contributed by atoms with Gasteiger partial charge in [-0.15, -0.1) is 0 Å². The van der Waals surface area contributed by atoms with Crippen molar-refractivity contribution in [3.8, 4) is 0 Å². The van der Waals surface area contributed by atoms with E-state index in [4.69, 9.17) is 0 Å². The monoisotopic (exact) mass is 194 g/mol. The highest BCUT2D eigenvalue weighted by Gasteiger charge is 2.51. The SMILES string of the molecule is CC(=O)CCC1C2CCC(C2)C1(C)C. The van der Waals surface area contributed by atoms with Crippen molar-refractivity contribution in [3.05, 3.63) is 0 Å². The summed E-state index contributed by atoms with van der Waals surface area (Å²) in [6.07, 6.45) is 6.25.